The first-order chi connectivity index (χ1) is 7.06. The number of nitrogens with one attached hydrogen (secondary N) is 1. The minimum Gasteiger partial charge on any atom is -0.351 e. The van der Waals surface area contributed by atoms with Crippen molar-refractivity contribution in [2.45, 2.75) is 6.92 Å². The van der Waals surface area contributed by atoms with E-state index in [0.29, 0.717) is 18.7 Å². The molecule has 16 heavy (non-hydrogen) atoms. The Balaban J connectivity index is 0.00000225. The van der Waals surface area contributed by atoms with Crippen LogP contribution in [-0.4, -0.2) is 19.0 Å². The van der Waals surface area contributed by atoms with Gasteiger partial charge in [-0.25, -0.2) is 4.39 Å². The predicted molar refractivity (Wildman–Crippen MR) is 64.8 cm³/mol. The molecule has 0 fully saturated rings. The third kappa shape index (κ3) is 3.63. The maximum Gasteiger partial charge on any atom is 0.252 e. The molecule has 6 heteroatoms. The third-order valence-electron chi connectivity index (χ3n) is 1.92. The monoisotopic (exact) mass is 266 g/mol. The van der Waals surface area contributed by atoms with Gasteiger partial charge in [0.1, 0.15) is 5.82 Å². The van der Waals surface area contributed by atoms with Crippen molar-refractivity contribution in [3.05, 3.63) is 34.1 Å². The largest absolute Gasteiger partial charge is 0.351 e. The fraction of sp³-hybridized carbons (Fsp3) is 0.300. The normalized spacial score (nSPS) is 9.50. The van der Waals surface area contributed by atoms with Crippen LogP contribution in [0.3, 0.4) is 0 Å². The van der Waals surface area contributed by atoms with Gasteiger partial charge in [-0.3, -0.25) is 4.79 Å². The molecule has 3 nitrogen and oxygen atoms in total. The van der Waals surface area contributed by atoms with E-state index in [1.54, 1.807) is 6.92 Å². The highest BCUT2D eigenvalue weighted by Crippen LogP contribution is 2.20. The summed E-state index contributed by atoms with van der Waals surface area (Å²) in [5, 5.41) is 2.67. The van der Waals surface area contributed by atoms with Gasteiger partial charge in [0.05, 0.1) is 10.6 Å². The Kier molecular flexibility index (Phi) is 6.33. The van der Waals surface area contributed by atoms with E-state index >= 15 is 0 Å². The van der Waals surface area contributed by atoms with Crippen molar-refractivity contribution in [1.82, 2.24) is 5.32 Å². The van der Waals surface area contributed by atoms with Crippen molar-refractivity contribution < 1.29 is 9.18 Å². The molecule has 1 aromatic rings. The Bertz CT molecular complexity index is 385. The van der Waals surface area contributed by atoms with Crippen LogP contribution in [0.2, 0.25) is 5.02 Å². The van der Waals surface area contributed by atoms with Crippen molar-refractivity contribution >= 4 is 29.9 Å². The van der Waals surface area contributed by atoms with E-state index in [4.69, 9.17) is 17.3 Å². The smallest absolute Gasteiger partial charge is 0.252 e. The van der Waals surface area contributed by atoms with Crippen LogP contribution < -0.4 is 11.1 Å². The molecule has 1 aromatic carbocycles. The number of rotatable bonds is 3. The van der Waals surface area contributed by atoms with E-state index in [2.05, 4.69) is 5.32 Å². The highest BCUT2D eigenvalue weighted by molar-refractivity contribution is 6.33. The number of benzene rings is 1. The average molecular weight is 267 g/mol. The zero-order valence-corrected chi connectivity index (χ0v) is 10.3. The average Bonchev–Trinajstić information content (AvgIpc) is 2.20. The Morgan fingerprint density at radius 2 is 2.19 bits per heavy atom. The van der Waals surface area contributed by atoms with Gasteiger partial charge in [-0.2, -0.15) is 0 Å². The van der Waals surface area contributed by atoms with Gasteiger partial charge in [-0.1, -0.05) is 11.6 Å². The van der Waals surface area contributed by atoms with Gasteiger partial charge in [-0.15, -0.1) is 12.4 Å². The van der Waals surface area contributed by atoms with E-state index in [1.165, 1.54) is 6.07 Å². The molecular weight excluding hydrogens is 254 g/mol. The Hall–Kier alpha value is -0.840. The van der Waals surface area contributed by atoms with Gasteiger partial charge in [0, 0.05) is 13.1 Å². The molecule has 0 saturated carbocycles. The quantitative estimate of drug-likeness (QED) is 0.878. The molecule has 0 bridgehead atoms. The zero-order chi connectivity index (χ0) is 11.4. The second-order valence-corrected chi connectivity index (χ2v) is 3.53. The van der Waals surface area contributed by atoms with E-state index in [0.717, 1.165) is 6.07 Å². The number of aryl methyl sites for hydroxylation is 1. The second-order valence-electron chi connectivity index (χ2n) is 3.13. The molecule has 0 saturated heterocycles. The van der Waals surface area contributed by atoms with Gasteiger partial charge < -0.3 is 11.1 Å². The maximum atomic E-state index is 13.0. The molecule has 1 rings (SSSR count). The van der Waals surface area contributed by atoms with E-state index < -0.39 is 5.82 Å². The minimum absolute atomic E-state index is 0. The van der Waals surface area contributed by atoms with Crippen LogP contribution in [0.1, 0.15) is 15.9 Å². The van der Waals surface area contributed by atoms with E-state index in [9.17, 15) is 9.18 Å². The lowest BCUT2D eigenvalue weighted by molar-refractivity contribution is 0.0955. The Labute approximate surface area is 105 Å². The second kappa shape index (κ2) is 6.68. The van der Waals surface area contributed by atoms with Crippen molar-refractivity contribution in [2.75, 3.05) is 13.1 Å². The molecule has 0 spiro atoms. The van der Waals surface area contributed by atoms with Crippen LogP contribution in [0.15, 0.2) is 12.1 Å². The summed E-state index contributed by atoms with van der Waals surface area (Å²) >= 11 is 5.74. The third-order valence-corrected chi connectivity index (χ3v) is 2.24. The molecular formula is C10H13Cl2FN2O. The molecule has 3 N–H and O–H groups in total. The summed E-state index contributed by atoms with van der Waals surface area (Å²) in [7, 11) is 0. The summed E-state index contributed by atoms with van der Waals surface area (Å²) in [6, 6.07) is 2.55. The Morgan fingerprint density at radius 3 is 2.75 bits per heavy atom. The summed E-state index contributed by atoms with van der Waals surface area (Å²) in [4.78, 5) is 11.5. The summed E-state index contributed by atoms with van der Waals surface area (Å²) in [6.07, 6.45) is 0. The highest BCUT2D eigenvalue weighted by atomic mass is 35.5. The van der Waals surface area contributed by atoms with Gasteiger partial charge in [0.25, 0.3) is 5.91 Å². The van der Waals surface area contributed by atoms with Crippen LogP contribution in [0.25, 0.3) is 0 Å². The van der Waals surface area contributed by atoms with Crippen LogP contribution in [-0.2, 0) is 0 Å². The van der Waals surface area contributed by atoms with Crippen molar-refractivity contribution in [3.63, 3.8) is 0 Å². The number of amides is 1. The molecule has 0 heterocycles. The molecule has 0 aliphatic rings. The highest BCUT2D eigenvalue weighted by Gasteiger charge is 2.12. The molecule has 1 amide bonds. The lowest BCUT2D eigenvalue weighted by Gasteiger charge is -2.07. The van der Waals surface area contributed by atoms with Crippen LogP contribution in [0.5, 0.6) is 0 Å². The molecule has 0 aliphatic heterocycles. The Morgan fingerprint density at radius 1 is 1.56 bits per heavy atom. The number of carbonyl (C=O) groups is 1. The standard InChI is InChI=1S/C10H12ClFN2O.ClH/c1-6-4-7(8(11)5-9(6)12)10(15)14-3-2-13;/h4-5H,2-3,13H2,1H3,(H,14,15);1H. The number of hydrogen-bond donors (Lipinski definition) is 2. The molecule has 0 radical (unpaired) electrons. The van der Waals surface area contributed by atoms with Crippen LogP contribution >= 0.6 is 24.0 Å². The lowest BCUT2D eigenvalue weighted by Crippen LogP contribution is -2.29. The summed E-state index contributed by atoms with van der Waals surface area (Å²) in [5.74, 6) is -0.760. The summed E-state index contributed by atoms with van der Waals surface area (Å²) < 4.78 is 13.0. The molecule has 0 atom stereocenters. The minimum atomic E-state index is -0.421. The topological polar surface area (TPSA) is 55.1 Å². The van der Waals surface area contributed by atoms with Crippen molar-refractivity contribution in [1.29, 1.82) is 0 Å². The SMILES string of the molecule is Cc1cc(C(=O)NCCN)c(Cl)cc1F.Cl. The van der Waals surface area contributed by atoms with E-state index in [1.807, 2.05) is 0 Å². The summed E-state index contributed by atoms with van der Waals surface area (Å²) in [5.41, 5.74) is 5.89. The van der Waals surface area contributed by atoms with Crippen LogP contribution in [0, 0.1) is 12.7 Å². The van der Waals surface area contributed by atoms with Gasteiger partial charge >= 0.3 is 0 Å². The van der Waals surface area contributed by atoms with Crippen molar-refractivity contribution in [2.24, 2.45) is 5.73 Å². The zero-order valence-electron chi connectivity index (χ0n) is 8.72. The first-order valence-electron chi connectivity index (χ1n) is 4.50. The molecule has 0 aromatic heterocycles. The predicted octanol–water partition coefficient (Wildman–Crippen LogP) is 1.90. The van der Waals surface area contributed by atoms with Crippen molar-refractivity contribution in [3.8, 4) is 0 Å². The number of halogens is 3. The number of carbonyl (C=O) groups excluding carboxylic acids is 1. The fourth-order valence-electron chi connectivity index (χ4n) is 1.11. The van der Waals surface area contributed by atoms with Gasteiger partial charge in [0.15, 0.2) is 0 Å². The lowest BCUT2D eigenvalue weighted by atomic mass is 10.1. The fourth-order valence-corrected chi connectivity index (χ4v) is 1.35. The van der Waals surface area contributed by atoms with Gasteiger partial charge in [0.2, 0.25) is 0 Å². The van der Waals surface area contributed by atoms with Crippen LogP contribution in [0.4, 0.5) is 4.39 Å². The summed E-state index contributed by atoms with van der Waals surface area (Å²) in [6.45, 7) is 2.29. The number of nitrogens with two attached hydrogens (primary N) is 1. The molecule has 0 unspecified atom stereocenters. The van der Waals surface area contributed by atoms with Gasteiger partial charge in [-0.05, 0) is 24.6 Å². The number of hydrogen-bond acceptors (Lipinski definition) is 2. The first-order valence-corrected chi connectivity index (χ1v) is 4.88. The molecule has 0 aliphatic carbocycles. The van der Waals surface area contributed by atoms with E-state index in [-0.39, 0.29) is 28.9 Å². The first kappa shape index (κ1) is 15.2. The maximum absolute atomic E-state index is 13.0. The molecule has 90 valence electrons.